The number of rotatable bonds is 2. The lowest BCUT2D eigenvalue weighted by Gasteiger charge is -2.48. The highest BCUT2D eigenvalue weighted by Crippen LogP contribution is 2.57. The van der Waals surface area contributed by atoms with E-state index in [1.54, 1.807) is 0 Å². The van der Waals surface area contributed by atoms with Gasteiger partial charge in [-0.25, -0.2) is 0 Å². The van der Waals surface area contributed by atoms with Crippen molar-refractivity contribution in [3.05, 3.63) is 144 Å². The van der Waals surface area contributed by atoms with Gasteiger partial charge in [0.15, 0.2) is 5.75 Å². The summed E-state index contributed by atoms with van der Waals surface area (Å²) in [5.74, 6) is 1.78. The normalized spacial score (nSPS) is 14.2. The maximum absolute atomic E-state index is 7.12. The summed E-state index contributed by atoms with van der Waals surface area (Å²) in [4.78, 5) is 9.48. The lowest BCUT2D eigenvalue weighted by atomic mass is 9.43. The molecule has 0 saturated carbocycles. The molecule has 5 nitrogen and oxygen atoms in total. The number of nitrogens with zero attached hydrogens (tertiary/aromatic N) is 3. The summed E-state index contributed by atoms with van der Waals surface area (Å²) in [6.07, 6.45) is 3.78. The van der Waals surface area contributed by atoms with Gasteiger partial charge in [0, 0.05) is 51.9 Å². The fraction of sp³-hybridized carbons (Fsp3) is 0.226. The second kappa shape index (κ2) is 12.1. The molecule has 0 unspecified atom stereocenters. The zero-order chi connectivity index (χ0) is 40.7. The number of anilines is 5. The minimum Gasteiger partial charge on any atom is -0.456 e. The Kier molecular flexibility index (Phi) is 7.38. The molecule has 3 aliphatic rings. The topological polar surface area (TPSA) is 41.7 Å². The summed E-state index contributed by atoms with van der Waals surface area (Å²) in [7, 11) is 0. The van der Waals surface area contributed by atoms with Crippen LogP contribution in [0.4, 0.5) is 28.4 Å². The minimum absolute atomic E-state index is 0.0209. The van der Waals surface area contributed by atoms with Crippen molar-refractivity contribution < 1.29 is 9.15 Å². The van der Waals surface area contributed by atoms with Gasteiger partial charge in [-0.3, -0.25) is 4.98 Å². The molecule has 290 valence electrons. The largest absolute Gasteiger partial charge is 0.456 e. The second-order valence-electron chi connectivity index (χ2n) is 19.8. The average Bonchev–Trinajstić information content (AvgIpc) is 3.57. The number of pyridine rings is 1. The van der Waals surface area contributed by atoms with Crippen LogP contribution in [0, 0.1) is 0 Å². The molecule has 0 N–H and O–H groups in total. The number of ether oxygens (including phenoxy) is 1. The Hall–Kier alpha value is -6.27. The smallest absolute Gasteiger partial charge is 0.333 e. The first-order valence-corrected chi connectivity index (χ1v) is 20.9. The quantitative estimate of drug-likeness (QED) is 0.164. The van der Waals surface area contributed by atoms with Gasteiger partial charge in [-0.15, -0.1) is 0 Å². The lowest BCUT2D eigenvalue weighted by Crippen LogP contribution is -2.62. The van der Waals surface area contributed by atoms with Crippen LogP contribution in [0.1, 0.15) is 79.0 Å². The van der Waals surface area contributed by atoms with Gasteiger partial charge in [-0.2, -0.15) is 0 Å². The summed E-state index contributed by atoms with van der Waals surface area (Å²) in [6.45, 7) is 20.3. The molecule has 11 rings (SSSR count). The van der Waals surface area contributed by atoms with Gasteiger partial charge in [-0.1, -0.05) is 105 Å². The van der Waals surface area contributed by atoms with Crippen molar-refractivity contribution in [2.75, 3.05) is 9.71 Å². The Labute approximate surface area is 347 Å². The zero-order valence-electron chi connectivity index (χ0n) is 35.4. The number of para-hydroxylation sites is 1. The Balaban J connectivity index is 1.29. The van der Waals surface area contributed by atoms with Gasteiger partial charge < -0.3 is 18.9 Å². The standard InChI is InChI=1S/C53H48BN3O2/c1-51(2,3)33-14-17-36(18-15-33)56-43-30-46-38(37-12-10-11-13-45(37)58-46)29-41(43)54-49-39(24-32(25-44(49)56)31-20-22-55-23-21-31)40-26-35(53(7,8)9)28-48-50(40)57(54)42-19-16-34(52(4,5)6)27-47(42)59-48/h10-30H,1-9H3. The van der Waals surface area contributed by atoms with Crippen molar-refractivity contribution in [3.63, 3.8) is 0 Å². The SMILES string of the molecule is CC(C)(C)c1ccc(N2c3cc4oc5ccccc5c4cc3B3c4c(cc(-c5ccncc5)cc42)-c2cc(C(C)(C)C)cc4c2N3c2ccc(C(C)(C)C)cc2O4)cc1. The molecule has 5 heterocycles. The highest BCUT2D eigenvalue weighted by molar-refractivity contribution is 6.94. The van der Waals surface area contributed by atoms with Crippen LogP contribution >= 0.6 is 0 Å². The molecule has 0 bridgehead atoms. The highest BCUT2D eigenvalue weighted by Gasteiger charge is 2.49. The van der Waals surface area contributed by atoms with E-state index >= 15 is 0 Å². The van der Waals surface area contributed by atoms with E-state index in [2.05, 4.69) is 192 Å². The number of aromatic nitrogens is 1. The molecule has 0 amide bonds. The van der Waals surface area contributed by atoms with Crippen molar-refractivity contribution in [1.82, 2.24) is 4.98 Å². The van der Waals surface area contributed by atoms with Crippen LogP contribution < -0.4 is 25.4 Å². The average molecular weight is 770 g/mol. The monoisotopic (exact) mass is 769 g/mol. The molecule has 0 saturated heterocycles. The van der Waals surface area contributed by atoms with Crippen LogP contribution in [0.5, 0.6) is 11.5 Å². The van der Waals surface area contributed by atoms with Crippen molar-refractivity contribution in [2.45, 2.75) is 78.6 Å². The molecule has 6 aromatic carbocycles. The van der Waals surface area contributed by atoms with Gasteiger partial charge >= 0.3 is 6.85 Å². The van der Waals surface area contributed by atoms with E-state index in [0.29, 0.717) is 0 Å². The summed E-state index contributed by atoms with van der Waals surface area (Å²) in [6, 6.07) is 42.9. The number of hydrogen-bond donors (Lipinski definition) is 0. The number of benzene rings is 6. The van der Waals surface area contributed by atoms with E-state index in [1.165, 1.54) is 38.7 Å². The van der Waals surface area contributed by atoms with E-state index in [9.17, 15) is 0 Å². The van der Waals surface area contributed by atoms with Crippen LogP contribution in [0.15, 0.2) is 132 Å². The molecule has 0 aliphatic carbocycles. The molecule has 0 fully saturated rings. The van der Waals surface area contributed by atoms with Crippen LogP contribution in [-0.2, 0) is 16.2 Å². The third-order valence-electron chi connectivity index (χ3n) is 12.8. The van der Waals surface area contributed by atoms with E-state index in [-0.39, 0.29) is 23.1 Å². The van der Waals surface area contributed by atoms with Crippen molar-refractivity contribution in [2.24, 2.45) is 0 Å². The first kappa shape index (κ1) is 35.9. The van der Waals surface area contributed by atoms with Crippen molar-refractivity contribution in [3.8, 4) is 33.8 Å². The van der Waals surface area contributed by atoms with Gasteiger partial charge in [0.25, 0.3) is 0 Å². The summed E-state index contributed by atoms with van der Waals surface area (Å²) < 4.78 is 13.8. The summed E-state index contributed by atoms with van der Waals surface area (Å²) >= 11 is 0. The molecular formula is C53H48BN3O2. The van der Waals surface area contributed by atoms with E-state index < -0.39 is 0 Å². The molecular weight excluding hydrogens is 721 g/mol. The third kappa shape index (κ3) is 5.41. The molecule has 8 aromatic rings. The Morgan fingerprint density at radius 1 is 0.525 bits per heavy atom. The van der Waals surface area contributed by atoms with Crippen molar-refractivity contribution in [1.29, 1.82) is 0 Å². The van der Waals surface area contributed by atoms with Crippen LogP contribution in [-0.4, -0.2) is 11.8 Å². The second-order valence-corrected chi connectivity index (χ2v) is 19.8. The van der Waals surface area contributed by atoms with Crippen LogP contribution in [0.2, 0.25) is 0 Å². The Morgan fingerprint density at radius 3 is 1.95 bits per heavy atom. The van der Waals surface area contributed by atoms with E-state index in [0.717, 1.165) is 73.0 Å². The molecule has 6 heteroatoms. The first-order chi connectivity index (χ1) is 28.1. The number of hydrogen-bond acceptors (Lipinski definition) is 5. The maximum atomic E-state index is 7.12. The number of fused-ring (bicyclic) bond motifs is 9. The molecule has 2 aromatic heterocycles. The summed E-state index contributed by atoms with van der Waals surface area (Å²) in [5.41, 5.74) is 18.1. The molecule has 59 heavy (non-hydrogen) atoms. The zero-order valence-corrected chi connectivity index (χ0v) is 35.4. The van der Waals surface area contributed by atoms with E-state index in [1.807, 2.05) is 12.4 Å². The van der Waals surface area contributed by atoms with Crippen LogP contribution in [0.3, 0.4) is 0 Å². The highest BCUT2D eigenvalue weighted by atomic mass is 16.5. The lowest BCUT2D eigenvalue weighted by molar-refractivity contribution is 0.470. The van der Waals surface area contributed by atoms with E-state index in [4.69, 9.17) is 9.15 Å². The summed E-state index contributed by atoms with van der Waals surface area (Å²) in [5, 5.41) is 2.24. The van der Waals surface area contributed by atoms with Gasteiger partial charge in [0.05, 0.1) is 11.4 Å². The third-order valence-corrected chi connectivity index (χ3v) is 12.8. The maximum Gasteiger partial charge on any atom is 0.333 e. The molecule has 0 atom stereocenters. The Morgan fingerprint density at radius 2 is 1.22 bits per heavy atom. The van der Waals surface area contributed by atoms with Crippen LogP contribution in [0.25, 0.3) is 44.2 Å². The first-order valence-electron chi connectivity index (χ1n) is 20.9. The predicted molar refractivity (Wildman–Crippen MR) is 247 cm³/mol. The molecule has 3 aliphatic heterocycles. The molecule has 0 radical (unpaired) electrons. The number of furan rings is 1. The van der Waals surface area contributed by atoms with Gasteiger partial charge in [0.2, 0.25) is 0 Å². The van der Waals surface area contributed by atoms with Gasteiger partial charge in [-0.05, 0) is 127 Å². The predicted octanol–water partition coefficient (Wildman–Crippen LogP) is 13.4. The fourth-order valence-corrected chi connectivity index (χ4v) is 9.52. The minimum atomic E-state index is -0.167. The van der Waals surface area contributed by atoms with Crippen molar-refractivity contribution >= 4 is 68.1 Å². The Bertz CT molecular complexity index is 3030. The molecule has 0 spiro atoms. The fourth-order valence-electron chi connectivity index (χ4n) is 9.52. The van der Waals surface area contributed by atoms with Gasteiger partial charge in [0.1, 0.15) is 16.9 Å².